The normalized spacial score (nSPS) is 23.5. The largest absolute Gasteiger partial charge is 0.506 e. The maximum absolute atomic E-state index is 9.64. The smallest absolute Gasteiger partial charge is 0.136 e. The van der Waals surface area contributed by atoms with Crippen LogP contribution in [-0.2, 0) is 0 Å². The van der Waals surface area contributed by atoms with E-state index in [1.54, 1.807) is 12.3 Å². The second-order valence-corrected chi connectivity index (χ2v) is 5.28. The van der Waals surface area contributed by atoms with Gasteiger partial charge in [0.2, 0.25) is 0 Å². The average molecular weight is 262 g/mol. The first-order valence-electron chi connectivity index (χ1n) is 6.84. The molecule has 0 amide bonds. The zero-order chi connectivity index (χ0) is 14.0. The summed E-state index contributed by atoms with van der Waals surface area (Å²) in [5.74, 6) is 1.36. The van der Waals surface area contributed by atoms with Crippen LogP contribution in [-0.4, -0.2) is 27.3 Å². The Kier molecular flexibility index (Phi) is 4.10. The Hall–Kier alpha value is -1.55. The summed E-state index contributed by atoms with van der Waals surface area (Å²) in [6, 6.07) is 2.04. The third-order valence-corrected chi connectivity index (χ3v) is 3.95. The first kappa shape index (κ1) is 13.9. The highest BCUT2D eigenvalue weighted by atomic mass is 16.3. The minimum Gasteiger partial charge on any atom is -0.506 e. The lowest BCUT2D eigenvalue weighted by atomic mass is 9.87. The molecular formula is C15H22N2O2. The van der Waals surface area contributed by atoms with Gasteiger partial charge in [-0.1, -0.05) is 20.4 Å². The molecule has 0 aromatic carbocycles. The molecule has 0 spiro atoms. The van der Waals surface area contributed by atoms with Gasteiger partial charge in [-0.2, -0.15) is 0 Å². The van der Waals surface area contributed by atoms with Crippen molar-refractivity contribution in [3.05, 3.63) is 30.6 Å². The van der Waals surface area contributed by atoms with E-state index in [0.717, 1.165) is 30.6 Å². The monoisotopic (exact) mass is 262 g/mol. The van der Waals surface area contributed by atoms with E-state index in [9.17, 15) is 10.2 Å². The fourth-order valence-corrected chi connectivity index (χ4v) is 2.46. The predicted molar refractivity (Wildman–Crippen MR) is 76.3 cm³/mol. The molecule has 2 rings (SSSR count). The van der Waals surface area contributed by atoms with Crippen molar-refractivity contribution < 1.29 is 10.2 Å². The summed E-state index contributed by atoms with van der Waals surface area (Å²) in [6.45, 7) is 8.09. The van der Waals surface area contributed by atoms with Crippen molar-refractivity contribution in [2.45, 2.75) is 51.2 Å². The van der Waals surface area contributed by atoms with Crippen molar-refractivity contribution in [3.8, 4) is 5.75 Å². The van der Waals surface area contributed by atoms with Gasteiger partial charge < -0.3 is 15.1 Å². The average Bonchev–Trinajstić information content (AvgIpc) is 2.38. The van der Waals surface area contributed by atoms with Gasteiger partial charge in [0, 0.05) is 11.6 Å². The Labute approximate surface area is 114 Å². The van der Waals surface area contributed by atoms with Crippen LogP contribution >= 0.6 is 0 Å². The first-order chi connectivity index (χ1) is 9.06. The summed E-state index contributed by atoms with van der Waals surface area (Å²) >= 11 is 0. The molecule has 4 heteroatoms. The molecule has 1 fully saturated rings. The zero-order valence-corrected chi connectivity index (χ0v) is 11.6. The molecule has 1 aromatic rings. The van der Waals surface area contributed by atoms with Crippen molar-refractivity contribution in [2.24, 2.45) is 0 Å². The van der Waals surface area contributed by atoms with Gasteiger partial charge in [-0.25, -0.2) is 4.98 Å². The van der Waals surface area contributed by atoms with Crippen molar-refractivity contribution >= 4 is 5.82 Å². The number of pyridine rings is 1. The molecule has 1 aliphatic rings. The molecule has 1 aliphatic carbocycles. The molecule has 19 heavy (non-hydrogen) atoms. The van der Waals surface area contributed by atoms with Gasteiger partial charge in [0.15, 0.2) is 0 Å². The topological polar surface area (TPSA) is 56.6 Å². The number of nitrogens with zero attached hydrogens (tertiary/aromatic N) is 2. The standard InChI is InChI=1S/C15H22N2O2/c1-4-10(3)14-8-13(19)9-16-15(14)17(5-2)11-6-12(18)7-11/h5,8-12,18-19H,2,4,6-7H2,1,3H3. The summed E-state index contributed by atoms with van der Waals surface area (Å²) in [5, 5.41) is 19.1. The third kappa shape index (κ3) is 2.73. The zero-order valence-electron chi connectivity index (χ0n) is 11.6. The van der Waals surface area contributed by atoms with Crippen molar-refractivity contribution in [1.82, 2.24) is 4.98 Å². The number of hydrogen-bond donors (Lipinski definition) is 2. The first-order valence-corrected chi connectivity index (χ1v) is 6.84. The molecule has 1 heterocycles. The van der Waals surface area contributed by atoms with E-state index in [-0.39, 0.29) is 17.9 Å². The van der Waals surface area contributed by atoms with Gasteiger partial charge in [0.1, 0.15) is 11.6 Å². The molecule has 0 saturated heterocycles. The molecular weight excluding hydrogens is 240 g/mol. The van der Waals surface area contributed by atoms with E-state index < -0.39 is 0 Å². The van der Waals surface area contributed by atoms with Crippen molar-refractivity contribution in [1.29, 1.82) is 0 Å². The Bertz CT molecular complexity index is 455. The van der Waals surface area contributed by atoms with Crippen LogP contribution in [0.15, 0.2) is 25.0 Å². The highest BCUT2D eigenvalue weighted by molar-refractivity contribution is 5.54. The van der Waals surface area contributed by atoms with E-state index in [1.807, 2.05) is 4.90 Å². The molecule has 0 radical (unpaired) electrons. The lowest BCUT2D eigenvalue weighted by molar-refractivity contribution is 0.0762. The van der Waals surface area contributed by atoms with Gasteiger partial charge in [-0.3, -0.25) is 0 Å². The van der Waals surface area contributed by atoms with E-state index >= 15 is 0 Å². The number of anilines is 1. The molecule has 104 valence electrons. The number of aliphatic hydroxyl groups is 1. The molecule has 4 nitrogen and oxygen atoms in total. The quantitative estimate of drug-likeness (QED) is 0.856. The van der Waals surface area contributed by atoms with Gasteiger partial charge in [0.25, 0.3) is 0 Å². The summed E-state index contributed by atoms with van der Waals surface area (Å²) in [5.41, 5.74) is 1.03. The van der Waals surface area contributed by atoms with Crippen LogP contribution in [0.3, 0.4) is 0 Å². The number of rotatable bonds is 5. The van der Waals surface area contributed by atoms with Crippen LogP contribution in [0, 0.1) is 0 Å². The van der Waals surface area contributed by atoms with Crippen LogP contribution in [0.1, 0.15) is 44.6 Å². The Morgan fingerprint density at radius 1 is 1.58 bits per heavy atom. The van der Waals surface area contributed by atoms with Crippen LogP contribution < -0.4 is 4.90 Å². The molecule has 2 N–H and O–H groups in total. The van der Waals surface area contributed by atoms with Crippen LogP contribution in [0.2, 0.25) is 0 Å². The Morgan fingerprint density at radius 3 is 2.79 bits per heavy atom. The maximum Gasteiger partial charge on any atom is 0.136 e. The number of aromatic hydroxyl groups is 1. The minimum absolute atomic E-state index is 0.191. The van der Waals surface area contributed by atoms with Gasteiger partial charge in [-0.05, 0) is 37.4 Å². The number of hydrogen-bond acceptors (Lipinski definition) is 4. The van der Waals surface area contributed by atoms with Crippen LogP contribution in [0.5, 0.6) is 5.75 Å². The lowest BCUT2D eigenvalue weighted by Crippen LogP contribution is -2.45. The molecule has 1 saturated carbocycles. The molecule has 1 unspecified atom stereocenters. The van der Waals surface area contributed by atoms with E-state index in [4.69, 9.17) is 0 Å². The van der Waals surface area contributed by atoms with Gasteiger partial charge >= 0.3 is 0 Å². The molecule has 0 bridgehead atoms. The minimum atomic E-state index is -0.211. The number of aromatic nitrogens is 1. The number of aliphatic hydroxyl groups excluding tert-OH is 1. The molecule has 1 aromatic heterocycles. The fourth-order valence-electron chi connectivity index (χ4n) is 2.46. The summed E-state index contributed by atoms with van der Waals surface area (Å²) in [6.07, 6.45) is 5.49. The van der Waals surface area contributed by atoms with Gasteiger partial charge in [0.05, 0.1) is 12.3 Å². The second kappa shape index (κ2) is 5.61. The van der Waals surface area contributed by atoms with Crippen molar-refractivity contribution in [3.63, 3.8) is 0 Å². The van der Waals surface area contributed by atoms with Crippen LogP contribution in [0.4, 0.5) is 5.82 Å². The fraction of sp³-hybridized carbons (Fsp3) is 0.533. The molecule has 0 aliphatic heterocycles. The maximum atomic E-state index is 9.64. The van der Waals surface area contributed by atoms with Crippen LogP contribution in [0.25, 0.3) is 0 Å². The van der Waals surface area contributed by atoms with E-state index in [1.165, 1.54) is 6.20 Å². The van der Waals surface area contributed by atoms with E-state index in [0.29, 0.717) is 5.92 Å². The highest BCUT2D eigenvalue weighted by Gasteiger charge is 2.33. The second-order valence-electron chi connectivity index (χ2n) is 5.28. The third-order valence-electron chi connectivity index (χ3n) is 3.95. The summed E-state index contributed by atoms with van der Waals surface area (Å²) in [4.78, 5) is 6.39. The Balaban J connectivity index is 2.33. The SMILES string of the molecule is C=CN(c1ncc(O)cc1C(C)CC)C1CC(O)C1. The highest BCUT2D eigenvalue weighted by Crippen LogP contribution is 2.35. The van der Waals surface area contributed by atoms with Gasteiger partial charge in [-0.15, -0.1) is 0 Å². The van der Waals surface area contributed by atoms with E-state index in [2.05, 4.69) is 25.4 Å². The predicted octanol–water partition coefficient (Wildman–Crippen LogP) is 2.77. The summed E-state index contributed by atoms with van der Waals surface area (Å²) < 4.78 is 0. The lowest BCUT2D eigenvalue weighted by Gasteiger charge is -2.40. The summed E-state index contributed by atoms with van der Waals surface area (Å²) in [7, 11) is 0. The molecule has 1 atom stereocenters. The Morgan fingerprint density at radius 2 is 2.26 bits per heavy atom. The van der Waals surface area contributed by atoms with Crippen molar-refractivity contribution in [2.75, 3.05) is 4.90 Å².